The van der Waals surface area contributed by atoms with Crippen LogP contribution in [-0.4, -0.2) is 0 Å². The van der Waals surface area contributed by atoms with E-state index in [1.165, 1.54) is 77.5 Å². The molecule has 0 fully saturated rings. The van der Waals surface area contributed by atoms with Gasteiger partial charge < -0.3 is 4.90 Å². The average molecular weight is 778 g/mol. The van der Waals surface area contributed by atoms with Gasteiger partial charge in [-0.15, -0.1) is 0 Å². The van der Waals surface area contributed by atoms with Crippen LogP contribution in [0.2, 0.25) is 0 Å². The number of benzene rings is 10. The second kappa shape index (κ2) is 15.1. The zero-order chi connectivity index (χ0) is 40.8. The second-order valence-corrected chi connectivity index (χ2v) is 16.2. The molecule has 0 N–H and O–H groups in total. The maximum atomic E-state index is 2.51. The molecule has 0 saturated heterocycles. The lowest BCUT2D eigenvalue weighted by molar-refractivity contribution is 0.714. The van der Waals surface area contributed by atoms with Crippen LogP contribution >= 0.6 is 0 Å². The van der Waals surface area contributed by atoms with Gasteiger partial charge in [0.1, 0.15) is 0 Å². The molecular weight excluding hydrogens is 735 g/mol. The summed E-state index contributed by atoms with van der Waals surface area (Å²) in [5, 5.41) is 2.52. The van der Waals surface area contributed by atoms with E-state index >= 15 is 0 Å². The van der Waals surface area contributed by atoms with Crippen molar-refractivity contribution in [3.05, 3.63) is 259 Å². The Kier molecular flexibility index (Phi) is 9.02. The fraction of sp³-hybridized carbons (Fsp3) is 0.0333. The first kappa shape index (κ1) is 36.3. The predicted octanol–water partition coefficient (Wildman–Crippen LogP) is 16.3. The fourth-order valence-electron chi connectivity index (χ4n) is 9.83. The van der Waals surface area contributed by atoms with Gasteiger partial charge in [0.05, 0.1) is 11.4 Å². The van der Waals surface area contributed by atoms with Crippen LogP contribution in [0.3, 0.4) is 0 Å². The molecule has 1 aliphatic rings. The highest BCUT2D eigenvalue weighted by molar-refractivity contribution is 6.01. The van der Waals surface area contributed by atoms with Crippen LogP contribution in [0.15, 0.2) is 243 Å². The quantitative estimate of drug-likeness (QED) is 0.149. The molecule has 288 valence electrons. The van der Waals surface area contributed by atoms with Gasteiger partial charge in [-0.3, -0.25) is 0 Å². The Morgan fingerprint density at radius 2 is 0.852 bits per heavy atom. The normalized spacial score (nSPS) is 14.0. The summed E-state index contributed by atoms with van der Waals surface area (Å²) in [5.74, 6) is 0. The van der Waals surface area contributed by atoms with Crippen molar-refractivity contribution in [2.24, 2.45) is 0 Å². The minimum Gasteiger partial charge on any atom is -0.309 e. The standard InChI is InChI=1S/C60H43N/c1-60(47-24-6-3-7-25-47)55-33-14-12-31-54(55)59-56(60)34-18-36-58(59)61(57-35-15-13-30-53(57)52-29-11-10-28-51(52)43-19-4-2-5-20-43)48-26-16-23-46(41-48)42-37-39-45(40-38-42)50-32-17-22-44-21-8-9-27-49(44)50/h2-41H,1H3. The van der Waals surface area contributed by atoms with Crippen LogP contribution in [-0.2, 0) is 5.41 Å². The van der Waals surface area contributed by atoms with E-state index in [2.05, 4.69) is 254 Å². The van der Waals surface area contributed by atoms with Crippen LogP contribution in [0.5, 0.6) is 0 Å². The third-order valence-corrected chi connectivity index (χ3v) is 12.8. The molecule has 0 spiro atoms. The Morgan fingerprint density at radius 1 is 0.328 bits per heavy atom. The highest BCUT2D eigenvalue weighted by atomic mass is 15.1. The molecule has 1 nitrogen and oxygen atoms in total. The van der Waals surface area contributed by atoms with Crippen molar-refractivity contribution in [3.63, 3.8) is 0 Å². The van der Waals surface area contributed by atoms with Crippen molar-refractivity contribution < 1.29 is 0 Å². The van der Waals surface area contributed by atoms with Gasteiger partial charge in [-0.25, -0.2) is 0 Å². The summed E-state index contributed by atoms with van der Waals surface area (Å²) < 4.78 is 0. The Hall–Kier alpha value is -7.74. The van der Waals surface area contributed by atoms with Crippen molar-refractivity contribution in [2.75, 3.05) is 4.90 Å². The zero-order valence-corrected chi connectivity index (χ0v) is 34.0. The molecule has 11 rings (SSSR count). The van der Waals surface area contributed by atoms with Crippen LogP contribution in [0.1, 0.15) is 23.6 Å². The second-order valence-electron chi connectivity index (χ2n) is 16.2. The summed E-state index contributed by atoms with van der Waals surface area (Å²) in [4.78, 5) is 2.51. The third-order valence-electron chi connectivity index (χ3n) is 12.8. The summed E-state index contributed by atoms with van der Waals surface area (Å²) >= 11 is 0. The van der Waals surface area contributed by atoms with Gasteiger partial charge >= 0.3 is 0 Å². The molecule has 0 aromatic heterocycles. The number of rotatable bonds is 8. The van der Waals surface area contributed by atoms with E-state index in [0.29, 0.717) is 0 Å². The van der Waals surface area contributed by atoms with Crippen LogP contribution < -0.4 is 4.90 Å². The van der Waals surface area contributed by atoms with E-state index < -0.39 is 0 Å². The third kappa shape index (κ3) is 6.17. The van der Waals surface area contributed by atoms with E-state index in [1.807, 2.05) is 0 Å². The molecule has 0 radical (unpaired) electrons. The minimum absolute atomic E-state index is 0.331. The van der Waals surface area contributed by atoms with E-state index in [-0.39, 0.29) is 5.41 Å². The van der Waals surface area contributed by atoms with Crippen LogP contribution in [0.4, 0.5) is 17.1 Å². The Bertz CT molecular complexity index is 3190. The molecule has 1 atom stereocenters. The lowest BCUT2D eigenvalue weighted by atomic mass is 9.74. The summed E-state index contributed by atoms with van der Waals surface area (Å²) in [6.45, 7) is 2.40. The Labute approximate surface area is 358 Å². The highest BCUT2D eigenvalue weighted by Crippen LogP contribution is 2.57. The van der Waals surface area contributed by atoms with Crippen molar-refractivity contribution in [1.29, 1.82) is 0 Å². The molecule has 1 heteroatoms. The summed E-state index contributed by atoms with van der Waals surface area (Å²) in [6.07, 6.45) is 0. The molecule has 0 heterocycles. The molecule has 10 aromatic rings. The molecule has 61 heavy (non-hydrogen) atoms. The summed E-state index contributed by atoms with van der Waals surface area (Å²) in [5.41, 5.74) is 19.1. The number of anilines is 3. The minimum atomic E-state index is -0.331. The maximum absolute atomic E-state index is 2.51. The molecular formula is C60H43N. The molecule has 1 unspecified atom stereocenters. The van der Waals surface area contributed by atoms with Crippen LogP contribution in [0.25, 0.3) is 66.4 Å². The van der Waals surface area contributed by atoms with Crippen molar-refractivity contribution in [3.8, 4) is 55.6 Å². The van der Waals surface area contributed by atoms with Gasteiger partial charge in [-0.2, -0.15) is 0 Å². The SMILES string of the molecule is CC1(c2ccccc2)c2ccccc2-c2c(N(c3cccc(-c4ccc(-c5cccc6ccccc56)cc4)c3)c3ccccc3-c3ccccc3-c3ccccc3)cccc21. The largest absolute Gasteiger partial charge is 0.309 e. The predicted molar refractivity (Wildman–Crippen MR) is 258 cm³/mol. The van der Waals surface area contributed by atoms with Crippen molar-refractivity contribution >= 4 is 27.8 Å². The molecule has 0 aliphatic heterocycles. The monoisotopic (exact) mass is 777 g/mol. The molecule has 0 bridgehead atoms. The van der Waals surface area contributed by atoms with Crippen molar-refractivity contribution in [2.45, 2.75) is 12.3 Å². The highest BCUT2D eigenvalue weighted by Gasteiger charge is 2.42. The fourth-order valence-corrected chi connectivity index (χ4v) is 9.83. The van der Waals surface area contributed by atoms with Gasteiger partial charge in [0.15, 0.2) is 0 Å². The number of para-hydroxylation sites is 1. The zero-order valence-electron chi connectivity index (χ0n) is 34.0. The van der Waals surface area contributed by atoms with E-state index in [1.54, 1.807) is 0 Å². The van der Waals surface area contributed by atoms with Crippen LogP contribution in [0, 0.1) is 0 Å². The number of fused-ring (bicyclic) bond motifs is 4. The van der Waals surface area contributed by atoms with E-state index in [4.69, 9.17) is 0 Å². The first-order valence-electron chi connectivity index (χ1n) is 21.2. The smallest absolute Gasteiger partial charge is 0.0543 e. The van der Waals surface area contributed by atoms with Gasteiger partial charge in [-0.1, -0.05) is 218 Å². The van der Waals surface area contributed by atoms with Gasteiger partial charge in [-0.05, 0) is 103 Å². The van der Waals surface area contributed by atoms with E-state index in [0.717, 1.165) is 22.6 Å². The molecule has 0 saturated carbocycles. The lowest BCUT2D eigenvalue weighted by Crippen LogP contribution is -2.22. The number of hydrogen-bond acceptors (Lipinski definition) is 1. The molecule has 0 amide bonds. The Balaban J connectivity index is 1.12. The lowest BCUT2D eigenvalue weighted by Gasteiger charge is -2.32. The van der Waals surface area contributed by atoms with Gasteiger partial charge in [0, 0.05) is 22.2 Å². The molecule has 10 aromatic carbocycles. The molecule has 1 aliphatic carbocycles. The number of nitrogens with zero attached hydrogens (tertiary/aromatic N) is 1. The topological polar surface area (TPSA) is 3.24 Å². The average Bonchev–Trinajstić information content (AvgIpc) is 3.61. The first-order chi connectivity index (χ1) is 30.2. The first-order valence-corrected chi connectivity index (χ1v) is 21.2. The van der Waals surface area contributed by atoms with Gasteiger partial charge in [0.2, 0.25) is 0 Å². The number of hydrogen-bond donors (Lipinski definition) is 0. The van der Waals surface area contributed by atoms with E-state index in [9.17, 15) is 0 Å². The summed E-state index contributed by atoms with van der Waals surface area (Å²) in [7, 11) is 0. The maximum Gasteiger partial charge on any atom is 0.0543 e. The van der Waals surface area contributed by atoms with Crippen molar-refractivity contribution in [1.82, 2.24) is 0 Å². The Morgan fingerprint density at radius 3 is 1.67 bits per heavy atom. The van der Waals surface area contributed by atoms with Gasteiger partial charge in [0.25, 0.3) is 0 Å². The summed E-state index contributed by atoms with van der Waals surface area (Å²) in [6, 6.07) is 88.8.